The molecular weight excluding hydrogens is 347 g/mol. The molecule has 0 saturated carbocycles. The van der Waals surface area contributed by atoms with Crippen LogP contribution < -0.4 is 15.5 Å². The summed E-state index contributed by atoms with van der Waals surface area (Å²) in [4.78, 5) is 27.3. The molecule has 0 bridgehead atoms. The number of hydrogen-bond acceptors (Lipinski definition) is 5. The lowest BCUT2D eigenvalue weighted by Crippen LogP contribution is -2.57. The maximum atomic E-state index is 14.6. The Balaban J connectivity index is 1.81. The zero-order chi connectivity index (χ0) is 19.1. The van der Waals surface area contributed by atoms with Crippen LogP contribution in [-0.4, -0.2) is 47.1 Å². The van der Waals surface area contributed by atoms with E-state index >= 15 is 0 Å². The van der Waals surface area contributed by atoms with Crippen LogP contribution >= 0.6 is 0 Å². The summed E-state index contributed by atoms with van der Waals surface area (Å²) >= 11 is 0. The van der Waals surface area contributed by atoms with Crippen molar-refractivity contribution in [1.82, 2.24) is 14.9 Å². The molecule has 1 saturated heterocycles. The number of carbonyl (C=O) groups excluding carboxylic acids is 1. The maximum Gasteiger partial charge on any atom is 0.330 e. The number of aryl methyl sites for hydroxylation is 1. The van der Waals surface area contributed by atoms with Crippen molar-refractivity contribution in [2.45, 2.75) is 32.4 Å². The minimum atomic E-state index is -0.413. The van der Waals surface area contributed by atoms with Gasteiger partial charge in [0.1, 0.15) is 11.6 Å². The lowest BCUT2D eigenvalue weighted by atomic mass is 10.0. The van der Waals surface area contributed by atoms with Gasteiger partial charge >= 0.3 is 6.03 Å². The number of para-hydroxylation sites is 1. The van der Waals surface area contributed by atoms with Gasteiger partial charge in [0.2, 0.25) is 5.95 Å². The fourth-order valence-corrected chi connectivity index (χ4v) is 4.01. The first-order chi connectivity index (χ1) is 13.0. The molecule has 4 rings (SSSR count). The largest absolute Gasteiger partial charge is 0.368 e. The summed E-state index contributed by atoms with van der Waals surface area (Å²) in [6.07, 6.45) is 3.48. The summed E-state index contributed by atoms with van der Waals surface area (Å²) < 4.78 is 14.6. The van der Waals surface area contributed by atoms with Crippen LogP contribution in [0.5, 0.6) is 0 Å². The fraction of sp³-hybridized carbons (Fsp3) is 0.421. The summed E-state index contributed by atoms with van der Waals surface area (Å²) in [5.74, 6) is 0.258. The number of piperidine rings is 1. The Morgan fingerprint density at radius 3 is 2.89 bits per heavy atom. The first-order valence-electron chi connectivity index (χ1n) is 9.11. The van der Waals surface area contributed by atoms with Crippen LogP contribution in [0, 0.1) is 12.7 Å². The van der Waals surface area contributed by atoms with Gasteiger partial charge in [0.05, 0.1) is 18.3 Å². The average molecular weight is 370 g/mol. The Kier molecular flexibility index (Phi) is 4.43. The molecule has 1 fully saturated rings. The SMILES string of the molecule is Cc1cccc(F)c1N1Cc2cnc(N)nc2N([C@@H]2CCCN(C)C2)C1=O. The van der Waals surface area contributed by atoms with Crippen molar-refractivity contribution in [2.24, 2.45) is 0 Å². The minimum absolute atomic E-state index is 0.0424. The number of anilines is 3. The van der Waals surface area contributed by atoms with Crippen LogP contribution in [0.1, 0.15) is 24.0 Å². The lowest BCUT2D eigenvalue weighted by Gasteiger charge is -2.43. The van der Waals surface area contributed by atoms with E-state index in [1.54, 1.807) is 30.2 Å². The van der Waals surface area contributed by atoms with E-state index in [1.807, 2.05) is 7.05 Å². The fourth-order valence-electron chi connectivity index (χ4n) is 4.01. The Labute approximate surface area is 157 Å². The predicted octanol–water partition coefficient (Wildman–Crippen LogP) is 2.55. The third kappa shape index (κ3) is 3.10. The van der Waals surface area contributed by atoms with Crippen molar-refractivity contribution in [1.29, 1.82) is 0 Å². The highest BCUT2D eigenvalue weighted by Gasteiger charge is 2.39. The monoisotopic (exact) mass is 370 g/mol. The number of halogens is 1. The number of fused-ring (bicyclic) bond motifs is 1. The number of likely N-dealkylation sites (N-methyl/N-ethyl adjacent to an activating group) is 1. The summed E-state index contributed by atoms with van der Waals surface area (Å²) in [5, 5.41) is 0. The van der Waals surface area contributed by atoms with Crippen molar-refractivity contribution >= 4 is 23.5 Å². The second kappa shape index (κ2) is 6.77. The third-order valence-electron chi connectivity index (χ3n) is 5.28. The van der Waals surface area contributed by atoms with Gasteiger partial charge in [0.15, 0.2) is 0 Å². The standard InChI is InChI=1S/C19H23FN6O/c1-12-5-3-7-15(20)16(12)25-10-13-9-22-18(21)23-17(13)26(19(25)27)14-6-4-8-24(2)11-14/h3,5,7,9,14H,4,6,8,10-11H2,1-2H3,(H2,21,22,23)/t14-/m1/s1. The van der Waals surface area contributed by atoms with Gasteiger partial charge in [-0.05, 0) is 45.0 Å². The van der Waals surface area contributed by atoms with Crippen molar-refractivity contribution in [2.75, 3.05) is 35.7 Å². The van der Waals surface area contributed by atoms with Gasteiger partial charge in [-0.15, -0.1) is 0 Å². The number of amides is 2. The van der Waals surface area contributed by atoms with Gasteiger partial charge in [0, 0.05) is 18.3 Å². The van der Waals surface area contributed by atoms with E-state index in [2.05, 4.69) is 14.9 Å². The molecule has 1 atom stereocenters. The summed E-state index contributed by atoms with van der Waals surface area (Å²) in [6.45, 7) is 3.75. The molecule has 0 radical (unpaired) electrons. The molecule has 27 heavy (non-hydrogen) atoms. The second-order valence-electron chi connectivity index (χ2n) is 7.28. The minimum Gasteiger partial charge on any atom is -0.368 e. The Bertz CT molecular complexity index is 868. The summed E-state index contributed by atoms with van der Waals surface area (Å²) in [5.41, 5.74) is 7.58. The Hall–Kier alpha value is -2.74. The molecule has 3 heterocycles. The van der Waals surface area contributed by atoms with E-state index in [9.17, 15) is 9.18 Å². The molecule has 2 amide bonds. The van der Waals surface area contributed by atoms with Crippen molar-refractivity contribution in [3.05, 3.63) is 41.3 Å². The number of likely N-dealkylation sites (tertiary alicyclic amines) is 1. The molecule has 1 aromatic carbocycles. The first-order valence-corrected chi connectivity index (χ1v) is 9.11. The first kappa shape index (κ1) is 17.7. The molecule has 2 aliphatic heterocycles. The van der Waals surface area contributed by atoms with Crippen LogP contribution in [-0.2, 0) is 6.54 Å². The van der Waals surface area contributed by atoms with Crippen LogP contribution in [0.15, 0.2) is 24.4 Å². The van der Waals surface area contributed by atoms with E-state index < -0.39 is 5.82 Å². The lowest BCUT2D eigenvalue weighted by molar-refractivity contribution is 0.224. The van der Waals surface area contributed by atoms with Crippen LogP contribution in [0.25, 0.3) is 0 Å². The second-order valence-corrected chi connectivity index (χ2v) is 7.28. The molecule has 142 valence electrons. The maximum absolute atomic E-state index is 14.6. The van der Waals surface area contributed by atoms with Gasteiger partial charge in [-0.1, -0.05) is 12.1 Å². The normalized spacial score (nSPS) is 20.7. The smallest absolute Gasteiger partial charge is 0.330 e. The zero-order valence-electron chi connectivity index (χ0n) is 15.5. The highest BCUT2D eigenvalue weighted by Crippen LogP contribution is 2.35. The van der Waals surface area contributed by atoms with E-state index in [0.29, 0.717) is 17.1 Å². The highest BCUT2D eigenvalue weighted by molar-refractivity contribution is 6.06. The van der Waals surface area contributed by atoms with Crippen molar-refractivity contribution in [3.63, 3.8) is 0 Å². The number of benzene rings is 1. The molecule has 0 spiro atoms. The zero-order valence-corrected chi connectivity index (χ0v) is 15.5. The van der Waals surface area contributed by atoms with E-state index in [0.717, 1.165) is 31.5 Å². The molecule has 0 aliphatic carbocycles. The molecule has 8 heteroatoms. The van der Waals surface area contributed by atoms with Gasteiger partial charge in [-0.2, -0.15) is 4.98 Å². The van der Waals surface area contributed by atoms with Crippen LogP contribution in [0.2, 0.25) is 0 Å². The number of nitrogens with two attached hydrogens (primary N) is 1. The number of hydrogen-bond donors (Lipinski definition) is 1. The molecule has 1 aromatic heterocycles. The molecule has 2 aliphatic rings. The average Bonchev–Trinajstić information content (AvgIpc) is 2.62. The van der Waals surface area contributed by atoms with Gasteiger partial charge in [-0.25, -0.2) is 14.2 Å². The molecule has 2 N–H and O–H groups in total. The van der Waals surface area contributed by atoms with Crippen molar-refractivity contribution in [3.8, 4) is 0 Å². The number of carbonyl (C=O) groups is 1. The van der Waals surface area contributed by atoms with E-state index in [-0.39, 0.29) is 24.6 Å². The number of nitrogens with zero attached hydrogens (tertiary/aromatic N) is 5. The molecule has 2 aromatic rings. The Morgan fingerprint density at radius 1 is 1.33 bits per heavy atom. The molecular formula is C19H23FN6O. The molecule has 0 unspecified atom stereocenters. The number of rotatable bonds is 2. The summed E-state index contributed by atoms with van der Waals surface area (Å²) in [6, 6.07) is 4.52. The van der Waals surface area contributed by atoms with Crippen molar-refractivity contribution < 1.29 is 9.18 Å². The van der Waals surface area contributed by atoms with E-state index in [1.165, 1.54) is 11.0 Å². The van der Waals surface area contributed by atoms with E-state index in [4.69, 9.17) is 5.73 Å². The van der Waals surface area contributed by atoms with Gasteiger partial charge < -0.3 is 10.6 Å². The van der Waals surface area contributed by atoms with Crippen LogP contribution in [0.3, 0.4) is 0 Å². The van der Waals surface area contributed by atoms with Gasteiger partial charge in [0.25, 0.3) is 0 Å². The summed E-state index contributed by atoms with van der Waals surface area (Å²) in [7, 11) is 2.04. The highest BCUT2D eigenvalue weighted by atomic mass is 19.1. The van der Waals surface area contributed by atoms with Gasteiger partial charge in [-0.3, -0.25) is 9.80 Å². The number of urea groups is 1. The number of aromatic nitrogens is 2. The third-order valence-corrected chi connectivity index (χ3v) is 5.28. The molecule has 7 nitrogen and oxygen atoms in total. The topological polar surface area (TPSA) is 78.6 Å². The quantitative estimate of drug-likeness (QED) is 0.879. The van der Waals surface area contributed by atoms with Crippen LogP contribution in [0.4, 0.5) is 26.6 Å². The Morgan fingerprint density at radius 2 is 2.15 bits per heavy atom. The number of nitrogen functional groups attached to an aromatic ring is 1. The predicted molar refractivity (Wildman–Crippen MR) is 102 cm³/mol.